The highest BCUT2D eigenvalue weighted by atomic mass is 79.9. The molecule has 2 aromatic heterocycles. The number of nitrogens with zero attached hydrogens (tertiary/aromatic N) is 3. The predicted octanol–water partition coefficient (Wildman–Crippen LogP) is 4.07. The second-order valence-corrected chi connectivity index (χ2v) is 9.39. The van der Waals surface area contributed by atoms with Crippen LogP contribution in [0.3, 0.4) is 0 Å². The lowest BCUT2D eigenvalue weighted by Gasteiger charge is -2.12. The second-order valence-electron chi connectivity index (χ2n) is 6.54. The molecule has 12 heteroatoms. The fourth-order valence-electron chi connectivity index (χ4n) is 3.19. The van der Waals surface area contributed by atoms with Gasteiger partial charge in [0.25, 0.3) is 10.0 Å². The van der Waals surface area contributed by atoms with Crippen molar-refractivity contribution < 1.29 is 12.8 Å². The van der Waals surface area contributed by atoms with Crippen molar-refractivity contribution in [2.45, 2.75) is 4.90 Å². The lowest BCUT2D eigenvalue weighted by molar-refractivity contribution is 0.554. The van der Waals surface area contributed by atoms with Crippen LogP contribution in [-0.2, 0) is 10.0 Å². The predicted molar refractivity (Wildman–Crippen MR) is 119 cm³/mol. The molecule has 0 amide bonds. The van der Waals surface area contributed by atoms with E-state index in [1.165, 1.54) is 6.07 Å². The normalized spacial score (nSPS) is 11.9. The van der Waals surface area contributed by atoms with Gasteiger partial charge in [-0.2, -0.15) is 0 Å². The fourth-order valence-corrected chi connectivity index (χ4v) is 6.11. The van der Waals surface area contributed by atoms with E-state index in [2.05, 4.69) is 35.9 Å². The Kier molecular flexibility index (Phi) is 4.61. The molecule has 5 rings (SSSR count). The summed E-state index contributed by atoms with van der Waals surface area (Å²) in [6, 6.07) is 15.5. The van der Waals surface area contributed by atoms with Crippen LogP contribution in [0.2, 0.25) is 5.02 Å². The Balaban J connectivity index is 1.50. The zero-order chi connectivity index (χ0) is 21.8. The molecule has 0 radical (unpaired) electrons. The van der Waals surface area contributed by atoms with Gasteiger partial charge in [-0.25, -0.2) is 17.9 Å². The average molecular weight is 521 g/mol. The van der Waals surface area contributed by atoms with Gasteiger partial charge in [0.05, 0.1) is 16.7 Å². The van der Waals surface area contributed by atoms with Gasteiger partial charge < -0.3 is 4.42 Å². The highest BCUT2D eigenvalue weighted by molar-refractivity contribution is 9.10. The van der Waals surface area contributed by atoms with Gasteiger partial charge in [0, 0.05) is 10.2 Å². The van der Waals surface area contributed by atoms with Gasteiger partial charge in [0.2, 0.25) is 0 Å². The Morgan fingerprint density at radius 2 is 1.87 bits per heavy atom. The number of sulfonamides is 1. The maximum absolute atomic E-state index is 13.0. The summed E-state index contributed by atoms with van der Waals surface area (Å²) in [6.45, 7) is 0. The molecule has 31 heavy (non-hydrogen) atoms. The van der Waals surface area contributed by atoms with E-state index < -0.39 is 15.8 Å². The number of fused-ring (bicyclic) bond motifs is 2. The first-order valence-electron chi connectivity index (χ1n) is 8.78. The summed E-state index contributed by atoms with van der Waals surface area (Å²) in [5, 5.41) is 8.04. The number of anilines is 1. The molecule has 0 saturated heterocycles. The minimum atomic E-state index is -4.10. The first-order chi connectivity index (χ1) is 14.8. The molecule has 5 aromatic rings. The number of rotatable bonds is 4. The lowest BCUT2D eigenvalue weighted by atomic mass is 10.2. The lowest BCUT2D eigenvalue weighted by Crippen LogP contribution is -2.14. The van der Waals surface area contributed by atoms with Gasteiger partial charge >= 0.3 is 5.76 Å². The summed E-state index contributed by atoms with van der Waals surface area (Å²) >= 11 is 9.44. The number of benzene rings is 3. The first kappa shape index (κ1) is 19.8. The number of para-hydroxylation sites is 1. The number of hydrogen-bond donors (Lipinski definition) is 2. The van der Waals surface area contributed by atoms with Crippen LogP contribution in [0.15, 0.2) is 73.2 Å². The summed E-state index contributed by atoms with van der Waals surface area (Å²) in [6.07, 6.45) is 0. The molecular weight excluding hydrogens is 510 g/mol. The van der Waals surface area contributed by atoms with Crippen molar-refractivity contribution in [3.05, 3.63) is 74.6 Å². The summed E-state index contributed by atoms with van der Waals surface area (Å²) < 4.78 is 35.3. The van der Waals surface area contributed by atoms with Crippen LogP contribution >= 0.6 is 27.5 Å². The SMILES string of the molecule is O=c1[nH]c2cc(Br)c(S(=O)(=O)Nc3ccc(-n4nnc5ccccc54)cc3)c(Cl)c2o1. The van der Waals surface area contributed by atoms with Crippen LogP contribution < -0.4 is 10.5 Å². The van der Waals surface area contributed by atoms with E-state index in [1.807, 2.05) is 24.3 Å². The number of aromatic amines is 1. The van der Waals surface area contributed by atoms with Crippen molar-refractivity contribution in [3.8, 4) is 5.69 Å². The van der Waals surface area contributed by atoms with E-state index in [4.69, 9.17) is 16.0 Å². The summed E-state index contributed by atoms with van der Waals surface area (Å²) in [4.78, 5) is 13.6. The molecule has 0 aliphatic carbocycles. The highest BCUT2D eigenvalue weighted by Crippen LogP contribution is 2.36. The van der Waals surface area contributed by atoms with Gasteiger partial charge in [-0.15, -0.1) is 5.10 Å². The Morgan fingerprint density at radius 1 is 1.13 bits per heavy atom. The largest absolute Gasteiger partial charge is 0.417 e. The van der Waals surface area contributed by atoms with Gasteiger partial charge in [0.1, 0.15) is 15.4 Å². The van der Waals surface area contributed by atoms with Crippen LogP contribution in [-0.4, -0.2) is 28.4 Å². The van der Waals surface area contributed by atoms with E-state index in [-0.39, 0.29) is 25.5 Å². The zero-order valence-corrected chi connectivity index (χ0v) is 18.5. The third-order valence-corrected chi connectivity index (χ3v) is 7.37. The minimum absolute atomic E-state index is 0.0383. The van der Waals surface area contributed by atoms with Crippen molar-refractivity contribution >= 4 is 65.4 Å². The molecule has 0 unspecified atom stereocenters. The monoisotopic (exact) mass is 519 g/mol. The molecule has 0 bridgehead atoms. The quantitative estimate of drug-likeness (QED) is 0.368. The Labute approximate surface area is 187 Å². The van der Waals surface area contributed by atoms with Crippen LogP contribution in [0, 0.1) is 0 Å². The standard InChI is InChI=1S/C19H11BrClN5O4S/c20-12-9-14-17(30-19(27)22-14)16(21)18(12)31(28,29)24-10-5-7-11(8-6-10)26-15-4-2-1-3-13(15)23-25-26/h1-9,24H,(H,22,27). The van der Waals surface area contributed by atoms with Crippen molar-refractivity contribution in [2.75, 3.05) is 4.72 Å². The molecule has 0 fully saturated rings. The molecule has 0 saturated carbocycles. The molecule has 9 nitrogen and oxygen atoms in total. The summed E-state index contributed by atoms with van der Waals surface area (Å²) in [7, 11) is -4.10. The molecular formula is C19H11BrClN5O4S. The summed E-state index contributed by atoms with van der Waals surface area (Å²) in [5.74, 6) is -0.734. The van der Waals surface area contributed by atoms with Crippen LogP contribution in [0.1, 0.15) is 0 Å². The van der Waals surface area contributed by atoms with Crippen molar-refractivity contribution in [1.29, 1.82) is 0 Å². The molecule has 0 spiro atoms. The van der Waals surface area contributed by atoms with E-state index in [0.717, 1.165) is 11.0 Å². The number of aromatic nitrogens is 4. The number of halogens is 2. The van der Waals surface area contributed by atoms with E-state index in [1.54, 1.807) is 28.9 Å². The Morgan fingerprint density at radius 3 is 2.65 bits per heavy atom. The molecule has 0 atom stereocenters. The van der Waals surface area contributed by atoms with Gasteiger partial charge in [-0.05, 0) is 58.4 Å². The fraction of sp³-hybridized carbons (Fsp3) is 0. The maximum atomic E-state index is 13.0. The number of hydrogen-bond acceptors (Lipinski definition) is 6. The van der Waals surface area contributed by atoms with Crippen LogP contribution in [0.25, 0.3) is 27.8 Å². The van der Waals surface area contributed by atoms with Crippen LogP contribution in [0.4, 0.5) is 5.69 Å². The Bertz CT molecular complexity index is 1620. The van der Waals surface area contributed by atoms with Gasteiger partial charge in [-0.1, -0.05) is 28.9 Å². The average Bonchev–Trinajstić information content (AvgIpc) is 3.31. The van der Waals surface area contributed by atoms with E-state index in [0.29, 0.717) is 11.4 Å². The van der Waals surface area contributed by atoms with Crippen molar-refractivity contribution in [1.82, 2.24) is 20.0 Å². The zero-order valence-electron chi connectivity index (χ0n) is 15.3. The van der Waals surface area contributed by atoms with E-state index >= 15 is 0 Å². The third-order valence-electron chi connectivity index (χ3n) is 4.55. The molecule has 0 aliphatic heterocycles. The second kappa shape index (κ2) is 7.22. The molecule has 156 valence electrons. The minimum Gasteiger partial charge on any atom is -0.406 e. The first-order valence-corrected chi connectivity index (χ1v) is 11.4. The van der Waals surface area contributed by atoms with Gasteiger partial charge in [0.15, 0.2) is 5.58 Å². The van der Waals surface area contributed by atoms with Gasteiger partial charge in [-0.3, -0.25) is 9.71 Å². The molecule has 2 N–H and O–H groups in total. The van der Waals surface area contributed by atoms with Crippen molar-refractivity contribution in [3.63, 3.8) is 0 Å². The van der Waals surface area contributed by atoms with Crippen molar-refractivity contribution in [2.24, 2.45) is 0 Å². The molecule has 3 aromatic carbocycles. The highest BCUT2D eigenvalue weighted by Gasteiger charge is 2.26. The summed E-state index contributed by atoms with van der Waals surface area (Å²) in [5.41, 5.74) is 2.85. The van der Waals surface area contributed by atoms with Crippen LogP contribution in [0.5, 0.6) is 0 Å². The maximum Gasteiger partial charge on any atom is 0.417 e. The molecule has 0 aliphatic rings. The Hall–Kier alpha value is -3.15. The topological polar surface area (TPSA) is 123 Å². The number of H-pyrrole nitrogens is 1. The third kappa shape index (κ3) is 3.40. The number of nitrogens with one attached hydrogen (secondary N) is 2. The van der Waals surface area contributed by atoms with E-state index in [9.17, 15) is 13.2 Å². The smallest absolute Gasteiger partial charge is 0.406 e. The molecule has 2 heterocycles. The number of oxazole rings is 1.